The Bertz CT molecular complexity index is 853. The molecule has 0 bridgehead atoms. The number of nitrogens with zero attached hydrogens (tertiary/aromatic N) is 3. The highest BCUT2D eigenvalue weighted by molar-refractivity contribution is 14.1. The highest BCUT2D eigenvalue weighted by Crippen LogP contribution is 2.47. The molecular weight excluding hydrogens is 521 g/mol. The molecule has 0 fully saturated rings. The average Bonchev–Trinajstić information content (AvgIpc) is 2.94. The predicted octanol–water partition coefficient (Wildman–Crippen LogP) is 6.27. The number of aromatic nitrogens is 3. The van der Waals surface area contributed by atoms with E-state index >= 15 is 0 Å². The van der Waals surface area contributed by atoms with Gasteiger partial charge in [-0.2, -0.15) is 0 Å². The lowest BCUT2D eigenvalue weighted by Gasteiger charge is -2.42. The van der Waals surface area contributed by atoms with Crippen molar-refractivity contribution in [3.05, 3.63) is 22.3 Å². The molecule has 5 nitrogen and oxygen atoms in total. The van der Waals surface area contributed by atoms with Crippen LogP contribution in [-0.4, -0.2) is 40.8 Å². The maximum Gasteiger partial charge on any atom is 0.188 e. The van der Waals surface area contributed by atoms with E-state index in [1.807, 2.05) is 32.4 Å². The smallest absolute Gasteiger partial charge is 0.188 e. The Morgan fingerprint density at radius 1 is 0.900 bits per heavy atom. The Balaban J connectivity index is 2.47. The second-order valence-electron chi connectivity index (χ2n) is 11.5. The van der Waals surface area contributed by atoms with Crippen LogP contribution in [0.1, 0.15) is 60.3 Å². The van der Waals surface area contributed by atoms with Crippen LogP contribution in [0.2, 0.25) is 36.3 Å². The van der Waals surface area contributed by atoms with E-state index in [0.29, 0.717) is 0 Å². The largest absolute Gasteiger partial charge is 0.432 e. The Kier molecular flexibility index (Phi) is 7.42. The van der Waals surface area contributed by atoms with Crippen LogP contribution in [0, 0.1) is 3.57 Å². The van der Waals surface area contributed by atoms with Gasteiger partial charge in [0.1, 0.15) is 12.0 Å². The van der Waals surface area contributed by atoms with Crippen LogP contribution in [0.3, 0.4) is 0 Å². The quantitative estimate of drug-likeness (QED) is 0.280. The highest BCUT2D eigenvalue weighted by atomic mass is 127. The van der Waals surface area contributed by atoms with Gasteiger partial charge in [0, 0.05) is 21.5 Å². The maximum atomic E-state index is 10.8. The van der Waals surface area contributed by atoms with E-state index in [-0.39, 0.29) is 15.6 Å². The van der Waals surface area contributed by atoms with E-state index in [2.05, 4.69) is 77.9 Å². The fraction of sp³-hybridized carbons (Fsp3) is 0.727. The van der Waals surface area contributed by atoms with Crippen LogP contribution in [0.15, 0.2) is 18.7 Å². The molecule has 0 atom stereocenters. The van der Waals surface area contributed by atoms with E-state index in [1.54, 1.807) is 6.33 Å². The predicted molar refractivity (Wildman–Crippen MR) is 140 cm³/mol. The summed E-state index contributed by atoms with van der Waals surface area (Å²) in [5, 5.41) is 0.913. The van der Waals surface area contributed by atoms with Gasteiger partial charge in [-0.3, -0.25) is 0 Å². The first-order chi connectivity index (χ1) is 13.4. The zero-order valence-corrected chi connectivity index (χ0v) is 24.3. The van der Waals surface area contributed by atoms with Crippen molar-refractivity contribution in [2.45, 2.75) is 102 Å². The van der Waals surface area contributed by atoms with Gasteiger partial charge in [-0.15, -0.1) is 0 Å². The topological polar surface area (TPSA) is 71.2 Å². The summed E-state index contributed by atoms with van der Waals surface area (Å²) < 4.78 is 3.48. The summed E-state index contributed by atoms with van der Waals surface area (Å²) in [5.74, 6) is 0. The van der Waals surface area contributed by atoms with Crippen molar-refractivity contribution < 1.29 is 9.59 Å². The van der Waals surface area contributed by atoms with Crippen LogP contribution in [0.4, 0.5) is 0 Å². The van der Waals surface area contributed by atoms with Crippen LogP contribution in [0.25, 0.3) is 11.0 Å². The molecular formula is C22H40IN3O2Si2. The van der Waals surface area contributed by atoms with Crippen molar-refractivity contribution in [1.29, 1.82) is 0 Å². The van der Waals surface area contributed by atoms with Gasteiger partial charge in [0.25, 0.3) is 0 Å². The maximum absolute atomic E-state index is 10.8. The lowest BCUT2D eigenvalue weighted by Crippen LogP contribution is -2.42. The lowest BCUT2D eigenvalue weighted by molar-refractivity contribution is 0.235. The van der Waals surface area contributed by atoms with Gasteiger partial charge < -0.3 is 14.2 Å². The van der Waals surface area contributed by atoms with Gasteiger partial charge in [0.05, 0.1) is 5.39 Å². The Labute approximate surface area is 198 Å². The van der Waals surface area contributed by atoms with Crippen molar-refractivity contribution in [2.24, 2.45) is 0 Å². The molecule has 8 heteroatoms. The van der Waals surface area contributed by atoms with E-state index in [9.17, 15) is 9.59 Å². The molecule has 0 aliphatic heterocycles. The van der Waals surface area contributed by atoms with E-state index < -0.39 is 16.6 Å². The number of fused-ring (bicyclic) bond motifs is 1. The average molecular weight is 562 g/mol. The van der Waals surface area contributed by atoms with Gasteiger partial charge in [0.2, 0.25) is 0 Å². The van der Waals surface area contributed by atoms with Crippen LogP contribution in [0.5, 0.6) is 0 Å². The molecule has 170 valence electrons. The van der Waals surface area contributed by atoms with Crippen molar-refractivity contribution in [2.75, 3.05) is 0 Å². The molecule has 2 heterocycles. The first-order valence-electron chi connectivity index (χ1n) is 10.8. The Hall–Kier alpha value is -0.296. The van der Waals surface area contributed by atoms with E-state index in [4.69, 9.17) is 0 Å². The molecule has 0 aliphatic rings. The molecule has 0 aromatic carbocycles. The summed E-state index contributed by atoms with van der Waals surface area (Å²) in [6, 6.07) is 0. The Morgan fingerprint density at radius 2 is 1.37 bits per heavy atom. The summed E-state index contributed by atoms with van der Waals surface area (Å²) in [7, 11) is -4.59. The summed E-state index contributed by atoms with van der Waals surface area (Å²) in [5.41, 5.74) is 0.803. The van der Waals surface area contributed by atoms with Crippen LogP contribution < -0.4 is 0 Å². The lowest BCUT2D eigenvalue weighted by atomic mass is 9.84. The van der Waals surface area contributed by atoms with Gasteiger partial charge >= 0.3 is 0 Å². The van der Waals surface area contributed by atoms with Gasteiger partial charge in [-0.05, 0) is 91.5 Å². The summed E-state index contributed by atoms with van der Waals surface area (Å²) in [4.78, 5) is 30.5. The van der Waals surface area contributed by atoms with Crippen LogP contribution >= 0.6 is 22.6 Å². The number of halogens is 1. The third-order valence-corrected chi connectivity index (χ3v) is 15.9. The SMILES string of the molecule is CC(CCC(C)(C)[Si](C)(C)O)(CCC(C)(C)[Si](C)(C)O)n1cc(I)c2cncnc21. The molecule has 0 unspecified atom stereocenters. The van der Waals surface area contributed by atoms with Crippen molar-refractivity contribution in [3.63, 3.8) is 0 Å². The molecule has 0 saturated heterocycles. The molecule has 0 saturated carbocycles. The molecule has 2 aromatic heterocycles. The summed E-state index contributed by atoms with van der Waals surface area (Å²) >= 11 is 2.37. The first kappa shape index (κ1) is 26.0. The highest BCUT2D eigenvalue weighted by Gasteiger charge is 2.43. The normalized spacial score (nSPS) is 14.5. The fourth-order valence-corrected chi connectivity index (χ4v) is 5.61. The van der Waals surface area contributed by atoms with Gasteiger partial charge in [0.15, 0.2) is 16.6 Å². The summed E-state index contributed by atoms with van der Waals surface area (Å²) in [6.45, 7) is 19.3. The minimum atomic E-state index is -2.29. The molecule has 2 rings (SSSR count). The monoisotopic (exact) mass is 561 g/mol. The minimum absolute atomic E-state index is 0.0835. The minimum Gasteiger partial charge on any atom is -0.432 e. The third kappa shape index (κ3) is 5.36. The molecule has 2 aromatic rings. The standard InChI is InChI=1S/C22H40IN3O2Si2/c1-20(2,29(6,7)27)10-12-22(5,13-11-21(3,4)30(8,9)28)26-15-18(23)17-14-24-16-25-19(17)26/h14-16,27-28H,10-13H2,1-9H3. The third-order valence-electron chi connectivity index (χ3n) is 7.89. The molecule has 2 N–H and O–H groups in total. The first-order valence-corrected chi connectivity index (χ1v) is 17.8. The van der Waals surface area contributed by atoms with E-state index in [1.165, 1.54) is 0 Å². The van der Waals surface area contributed by atoms with Crippen LogP contribution in [-0.2, 0) is 5.54 Å². The molecule has 0 spiro atoms. The second kappa shape index (κ2) is 8.57. The molecule has 0 amide bonds. The second-order valence-corrected chi connectivity index (χ2v) is 21.6. The zero-order valence-electron chi connectivity index (χ0n) is 20.2. The number of rotatable bonds is 9. The van der Waals surface area contributed by atoms with Crippen molar-refractivity contribution >= 4 is 50.3 Å². The molecule has 0 radical (unpaired) electrons. The molecule has 30 heavy (non-hydrogen) atoms. The molecule has 0 aliphatic carbocycles. The van der Waals surface area contributed by atoms with Gasteiger partial charge in [-0.25, -0.2) is 9.97 Å². The van der Waals surface area contributed by atoms with E-state index in [0.717, 1.165) is 40.3 Å². The van der Waals surface area contributed by atoms with Crippen molar-refractivity contribution in [1.82, 2.24) is 14.5 Å². The number of hydrogen-bond acceptors (Lipinski definition) is 4. The fourth-order valence-electron chi connectivity index (χ4n) is 3.48. The number of hydrogen-bond donors (Lipinski definition) is 2. The van der Waals surface area contributed by atoms with Gasteiger partial charge in [-0.1, -0.05) is 27.7 Å². The van der Waals surface area contributed by atoms with Crippen molar-refractivity contribution in [3.8, 4) is 0 Å². The zero-order chi connectivity index (χ0) is 23.2. The summed E-state index contributed by atoms with van der Waals surface area (Å²) in [6.07, 6.45) is 9.50. The Morgan fingerprint density at radius 3 is 1.80 bits per heavy atom.